The Hall–Kier alpha value is -3.33. The van der Waals surface area contributed by atoms with E-state index in [-0.39, 0.29) is 11.1 Å². The van der Waals surface area contributed by atoms with E-state index < -0.39 is 73.6 Å². The third kappa shape index (κ3) is 15.1. The Morgan fingerprint density at radius 2 is 1.02 bits per heavy atom. The predicted molar refractivity (Wildman–Crippen MR) is 180 cm³/mol. The van der Waals surface area contributed by atoms with E-state index in [0.717, 1.165) is 30.9 Å². The van der Waals surface area contributed by atoms with Crippen molar-refractivity contribution in [2.45, 2.75) is 102 Å². The molecule has 0 aliphatic heterocycles. The molecule has 0 spiro atoms. The van der Waals surface area contributed by atoms with Gasteiger partial charge in [-0.1, -0.05) is 77.9 Å². The van der Waals surface area contributed by atoms with Crippen LogP contribution in [0.25, 0.3) is 0 Å². The van der Waals surface area contributed by atoms with Gasteiger partial charge in [0.2, 0.25) is 0 Å². The lowest BCUT2D eigenvalue weighted by molar-refractivity contribution is -0.258. The Bertz CT molecular complexity index is 1680. The Morgan fingerprint density at radius 1 is 0.660 bits per heavy atom. The number of esters is 2. The van der Waals surface area contributed by atoms with Crippen LogP contribution in [0.5, 0.6) is 0 Å². The number of hydrogen-bond donors (Lipinski definition) is 3. The van der Waals surface area contributed by atoms with E-state index in [9.17, 15) is 62.3 Å². The summed E-state index contributed by atoms with van der Waals surface area (Å²) in [4.78, 5) is 22.5. The molecule has 0 bridgehead atoms. The lowest BCUT2D eigenvalue weighted by Crippen LogP contribution is -2.39. The topological polar surface area (TPSA) is 182 Å². The summed E-state index contributed by atoms with van der Waals surface area (Å²) >= 11 is 0. The average molecular weight is 815 g/mol. The number of ether oxygens (including phenoxy) is 2. The van der Waals surface area contributed by atoms with Crippen molar-refractivity contribution >= 4 is 32.2 Å². The molecule has 20 heteroatoms. The van der Waals surface area contributed by atoms with Crippen LogP contribution in [0.15, 0.2) is 48.5 Å². The Labute approximate surface area is 304 Å². The molecule has 2 rings (SSSR count). The van der Waals surface area contributed by atoms with E-state index in [2.05, 4.69) is 9.47 Å². The molecule has 0 heterocycles. The van der Waals surface area contributed by atoms with E-state index in [0.29, 0.717) is 18.3 Å². The summed E-state index contributed by atoms with van der Waals surface area (Å²) in [5.74, 6) is -2.02. The van der Waals surface area contributed by atoms with Crippen LogP contribution < -0.4 is 0 Å². The number of hydrogen-bond acceptors (Lipinski definition) is 9. The average Bonchev–Trinajstić information content (AvgIpc) is 3.07. The highest BCUT2D eigenvalue weighted by Crippen LogP contribution is 2.38. The van der Waals surface area contributed by atoms with Crippen LogP contribution in [0.1, 0.15) is 107 Å². The van der Waals surface area contributed by atoms with E-state index in [1.54, 1.807) is 31.2 Å². The molecule has 2 aromatic rings. The zero-order chi connectivity index (χ0) is 41.8. The number of rotatable bonds is 14. The van der Waals surface area contributed by atoms with Crippen molar-refractivity contribution in [3.05, 3.63) is 70.8 Å². The van der Waals surface area contributed by atoms with Crippen LogP contribution in [0, 0.1) is 5.92 Å². The van der Waals surface area contributed by atoms with Gasteiger partial charge >= 0.3 is 48.9 Å². The van der Waals surface area contributed by atoms with E-state index >= 15 is 0 Å². The molecular formula is C33H45F7O11S2. The van der Waals surface area contributed by atoms with Crippen LogP contribution in [-0.2, 0) is 40.1 Å². The zero-order valence-electron chi connectivity index (χ0n) is 30.0. The molecule has 4 atom stereocenters. The number of halogens is 7. The third-order valence-electron chi connectivity index (χ3n) is 8.06. The highest BCUT2D eigenvalue weighted by atomic mass is 32.2. The van der Waals surface area contributed by atoms with Crippen molar-refractivity contribution in [3.63, 3.8) is 0 Å². The molecule has 4 unspecified atom stereocenters. The van der Waals surface area contributed by atoms with E-state index in [1.165, 1.54) is 31.2 Å². The molecular weight excluding hydrogens is 769 g/mol. The summed E-state index contributed by atoms with van der Waals surface area (Å²) in [6, 6.07) is 12.1. The van der Waals surface area contributed by atoms with Gasteiger partial charge in [-0.05, 0) is 66.8 Å². The molecule has 53 heavy (non-hydrogen) atoms. The quantitative estimate of drug-likeness (QED) is 0.0959. The molecule has 0 aliphatic carbocycles. The van der Waals surface area contributed by atoms with Crippen molar-refractivity contribution in [2.24, 2.45) is 5.92 Å². The summed E-state index contributed by atoms with van der Waals surface area (Å²) in [5.41, 5.74) is -0.933. The minimum absolute atomic E-state index is 0.0215. The van der Waals surface area contributed by atoms with E-state index in [1.807, 2.05) is 27.7 Å². The minimum atomic E-state index is -5.61. The molecule has 304 valence electrons. The molecule has 0 aromatic heterocycles. The number of carbonyl (C=O) groups excluding carboxylic acids is 2. The summed E-state index contributed by atoms with van der Waals surface area (Å²) in [6.07, 6.45) is -2.44. The third-order valence-corrected chi connectivity index (χ3v) is 9.80. The highest BCUT2D eigenvalue weighted by molar-refractivity contribution is 7.87. The SMILES string of the molecule is CCC(C)C(=O)OCC(F)(F)S(=O)(=O)O.CCC(C)c1ccc(C(=O)OCC(F)(F)S(=O)(=O)O)cc1.CCC(C)c1ccc(C(C)(O)C(F)(F)F)cc1. The molecule has 11 nitrogen and oxygen atoms in total. The van der Waals surface area contributed by atoms with Gasteiger partial charge in [-0.3, -0.25) is 13.9 Å². The predicted octanol–water partition coefficient (Wildman–Crippen LogP) is 7.86. The van der Waals surface area contributed by atoms with Gasteiger partial charge in [-0.15, -0.1) is 0 Å². The summed E-state index contributed by atoms with van der Waals surface area (Å²) in [7, 11) is -11.2. The van der Waals surface area contributed by atoms with Gasteiger partial charge in [0.15, 0.2) is 18.8 Å². The fourth-order valence-corrected chi connectivity index (χ4v) is 3.98. The van der Waals surface area contributed by atoms with E-state index in [4.69, 9.17) is 9.11 Å². The molecule has 0 aliphatic rings. The van der Waals surface area contributed by atoms with Crippen LogP contribution in [0.3, 0.4) is 0 Å². The van der Waals surface area contributed by atoms with Crippen molar-refractivity contribution in [2.75, 3.05) is 13.2 Å². The maximum Gasteiger partial charge on any atom is 0.421 e. The van der Waals surface area contributed by atoms with Gasteiger partial charge in [-0.2, -0.15) is 47.6 Å². The molecule has 0 fully saturated rings. The van der Waals surface area contributed by atoms with Crippen LogP contribution in [0.4, 0.5) is 30.7 Å². The largest absolute Gasteiger partial charge is 0.458 e. The van der Waals surface area contributed by atoms with Gasteiger partial charge in [0.25, 0.3) is 0 Å². The fourth-order valence-electron chi connectivity index (χ4n) is 3.56. The second kappa shape index (κ2) is 19.8. The summed E-state index contributed by atoms with van der Waals surface area (Å²) in [5, 5.41) is 0.493. The van der Waals surface area contributed by atoms with Gasteiger partial charge < -0.3 is 14.6 Å². The second-order valence-corrected chi connectivity index (χ2v) is 15.2. The normalized spacial score (nSPS) is 15.3. The van der Waals surface area contributed by atoms with Gasteiger partial charge in [0, 0.05) is 0 Å². The fraction of sp³-hybridized carbons (Fsp3) is 0.576. The summed E-state index contributed by atoms with van der Waals surface area (Å²) in [6.45, 7) is 8.49. The number of alkyl halides is 7. The number of benzene rings is 2. The smallest absolute Gasteiger partial charge is 0.421 e. The maximum absolute atomic E-state index is 12.9. The van der Waals surface area contributed by atoms with Gasteiger partial charge in [0.1, 0.15) is 0 Å². The van der Waals surface area contributed by atoms with Gasteiger partial charge in [-0.25, -0.2) is 4.79 Å². The number of aliphatic hydroxyl groups is 1. The molecule has 0 amide bonds. The molecule has 0 saturated carbocycles. The zero-order valence-corrected chi connectivity index (χ0v) is 31.6. The Balaban J connectivity index is 0.000000778. The van der Waals surface area contributed by atoms with Crippen LogP contribution in [-0.4, -0.2) is 72.9 Å². The van der Waals surface area contributed by atoms with Crippen molar-refractivity contribution in [1.29, 1.82) is 0 Å². The van der Waals surface area contributed by atoms with Crippen LogP contribution >= 0.6 is 0 Å². The molecule has 0 radical (unpaired) electrons. The first-order chi connectivity index (χ1) is 23.9. The maximum atomic E-state index is 12.9. The van der Waals surface area contributed by atoms with Crippen LogP contribution in [0.2, 0.25) is 0 Å². The first kappa shape index (κ1) is 49.7. The summed E-state index contributed by atoms with van der Waals surface area (Å²) < 4.78 is 154. The molecule has 0 saturated heterocycles. The molecule has 3 N–H and O–H groups in total. The van der Waals surface area contributed by atoms with Crippen molar-refractivity contribution in [3.8, 4) is 0 Å². The van der Waals surface area contributed by atoms with Gasteiger partial charge in [0.05, 0.1) is 11.5 Å². The lowest BCUT2D eigenvalue weighted by Gasteiger charge is -2.27. The highest BCUT2D eigenvalue weighted by Gasteiger charge is 2.51. The number of carbonyl (C=O) groups is 2. The Morgan fingerprint density at radius 3 is 1.34 bits per heavy atom. The lowest BCUT2D eigenvalue weighted by atomic mass is 9.91. The van der Waals surface area contributed by atoms with Crippen molar-refractivity contribution in [1.82, 2.24) is 0 Å². The standard InChI is InChI=1S/C13H17F3O.C13H16F2O5S.C7H12F2O5S/c1-4-9(2)10-5-7-11(8-6-10)12(3,17)13(14,15)16;1-3-9(2)10-4-6-11(7-5-10)12(16)20-8-13(14,15)21(17,18)19;1-3-5(2)6(10)14-4-7(8,9)15(11,12)13/h5-9,17H,4H2,1-3H3;4-7,9H,3,8H2,1-2H3,(H,17,18,19);5H,3-4H2,1-2H3,(H,11,12,13). The molecule has 2 aromatic carbocycles. The van der Waals surface area contributed by atoms with Crippen molar-refractivity contribution < 1.29 is 80.8 Å². The first-order valence-electron chi connectivity index (χ1n) is 15.9. The monoisotopic (exact) mass is 814 g/mol. The minimum Gasteiger partial charge on any atom is -0.458 e. The first-order valence-corrected chi connectivity index (χ1v) is 18.8. The second-order valence-electron chi connectivity index (χ2n) is 12.2. The Kier molecular flexibility index (Phi) is 18.6.